The van der Waals surface area contributed by atoms with Gasteiger partial charge in [-0.2, -0.15) is 0 Å². The predicted molar refractivity (Wildman–Crippen MR) is 42.1 cm³/mol. The first-order valence-electron chi connectivity index (χ1n) is 4.15. The predicted octanol–water partition coefficient (Wildman–Crippen LogP) is 0.834. The summed E-state index contributed by atoms with van der Waals surface area (Å²) in [5, 5.41) is 8.81. The molecule has 0 saturated heterocycles. The van der Waals surface area contributed by atoms with Gasteiger partial charge in [0.2, 0.25) is 0 Å². The van der Waals surface area contributed by atoms with Crippen LogP contribution < -0.4 is 5.73 Å². The second-order valence-electron chi connectivity index (χ2n) is 3.27. The van der Waals surface area contributed by atoms with Crippen LogP contribution in [-0.2, 0) is 4.79 Å². The number of carboxylic acids is 1. The van der Waals surface area contributed by atoms with Crippen LogP contribution in [0, 0.1) is 11.8 Å². The van der Waals surface area contributed by atoms with Gasteiger partial charge in [0.15, 0.2) is 0 Å². The molecule has 0 bridgehead atoms. The van der Waals surface area contributed by atoms with Crippen molar-refractivity contribution >= 4 is 5.97 Å². The van der Waals surface area contributed by atoms with Crippen LogP contribution in [0.1, 0.15) is 26.2 Å². The smallest absolute Gasteiger partial charge is 0.308 e. The lowest BCUT2D eigenvalue weighted by molar-refractivity contribution is -0.143. The summed E-state index contributed by atoms with van der Waals surface area (Å²) in [4.78, 5) is 10.7. The highest BCUT2D eigenvalue weighted by atomic mass is 16.4. The van der Waals surface area contributed by atoms with E-state index in [2.05, 4.69) is 0 Å². The summed E-state index contributed by atoms with van der Waals surface area (Å²) >= 11 is 0. The van der Waals surface area contributed by atoms with Gasteiger partial charge in [-0.3, -0.25) is 4.79 Å². The standard InChI is InChI=1S/C8H15NO2/c1-2-5-3-4-6(9)7(5)8(10)11/h5-7H,2-4,9H2,1H3,(H,10,11)/t5-,6-,7-/m0/s1. The van der Waals surface area contributed by atoms with Crippen molar-refractivity contribution in [2.24, 2.45) is 17.6 Å². The lowest BCUT2D eigenvalue weighted by Gasteiger charge is -2.15. The molecule has 0 aromatic rings. The third kappa shape index (κ3) is 1.53. The lowest BCUT2D eigenvalue weighted by Crippen LogP contribution is -2.33. The summed E-state index contributed by atoms with van der Waals surface area (Å²) in [5.41, 5.74) is 5.67. The first-order chi connectivity index (χ1) is 5.16. The maximum absolute atomic E-state index is 10.7. The highest BCUT2D eigenvalue weighted by Gasteiger charge is 2.37. The highest BCUT2D eigenvalue weighted by molar-refractivity contribution is 5.71. The first kappa shape index (κ1) is 8.53. The minimum Gasteiger partial charge on any atom is -0.481 e. The van der Waals surface area contributed by atoms with E-state index in [1.807, 2.05) is 6.92 Å². The Hall–Kier alpha value is -0.570. The third-order valence-corrected chi connectivity index (χ3v) is 2.65. The molecule has 0 amide bonds. The van der Waals surface area contributed by atoms with Crippen molar-refractivity contribution in [3.05, 3.63) is 0 Å². The Morgan fingerprint density at radius 2 is 2.27 bits per heavy atom. The SMILES string of the molecule is CC[C@H]1CC[C@H](N)[C@H]1C(=O)O. The molecule has 0 heterocycles. The molecule has 3 nitrogen and oxygen atoms in total. The second-order valence-corrected chi connectivity index (χ2v) is 3.27. The Balaban J connectivity index is 2.63. The maximum Gasteiger partial charge on any atom is 0.308 e. The summed E-state index contributed by atoms with van der Waals surface area (Å²) in [6, 6.07) is -0.113. The fraction of sp³-hybridized carbons (Fsp3) is 0.875. The van der Waals surface area contributed by atoms with Gasteiger partial charge in [0, 0.05) is 6.04 Å². The van der Waals surface area contributed by atoms with Gasteiger partial charge in [0.25, 0.3) is 0 Å². The molecular weight excluding hydrogens is 142 g/mol. The first-order valence-corrected chi connectivity index (χ1v) is 4.15. The summed E-state index contributed by atoms with van der Waals surface area (Å²) < 4.78 is 0. The van der Waals surface area contributed by atoms with Crippen LogP contribution in [0.2, 0.25) is 0 Å². The van der Waals surface area contributed by atoms with Crippen molar-refractivity contribution in [1.82, 2.24) is 0 Å². The molecule has 0 radical (unpaired) electrons. The van der Waals surface area contributed by atoms with Crippen LogP contribution in [0.4, 0.5) is 0 Å². The zero-order valence-corrected chi connectivity index (χ0v) is 6.79. The molecule has 3 heteroatoms. The quantitative estimate of drug-likeness (QED) is 0.624. The van der Waals surface area contributed by atoms with Crippen LogP contribution in [0.5, 0.6) is 0 Å². The Labute approximate surface area is 66.6 Å². The van der Waals surface area contributed by atoms with E-state index in [9.17, 15) is 4.79 Å². The summed E-state index contributed by atoms with van der Waals surface area (Å²) in [7, 11) is 0. The molecular formula is C8H15NO2. The molecule has 1 aliphatic carbocycles. The van der Waals surface area contributed by atoms with E-state index >= 15 is 0 Å². The Morgan fingerprint density at radius 3 is 2.64 bits per heavy atom. The zero-order valence-electron chi connectivity index (χ0n) is 6.79. The molecule has 3 N–H and O–H groups in total. The highest BCUT2D eigenvalue weighted by Crippen LogP contribution is 2.33. The number of aliphatic carboxylic acids is 1. The van der Waals surface area contributed by atoms with Crippen LogP contribution in [0.25, 0.3) is 0 Å². The number of nitrogens with two attached hydrogens (primary N) is 1. The largest absolute Gasteiger partial charge is 0.481 e. The molecule has 0 unspecified atom stereocenters. The maximum atomic E-state index is 10.7. The van der Waals surface area contributed by atoms with Gasteiger partial charge >= 0.3 is 5.97 Å². The zero-order chi connectivity index (χ0) is 8.43. The average molecular weight is 157 g/mol. The van der Waals surface area contributed by atoms with E-state index in [-0.39, 0.29) is 12.0 Å². The van der Waals surface area contributed by atoms with E-state index in [4.69, 9.17) is 10.8 Å². The molecule has 1 fully saturated rings. The molecule has 64 valence electrons. The van der Waals surface area contributed by atoms with Crippen molar-refractivity contribution in [2.75, 3.05) is 0 Å². The molecule has 11 heavy (non-hydrogen) atoms. The fourth-order valence-electron chi connectivity index (χ4n) is 1.96. The minimum absolute atomic E-state index is 0.113. The lowest BCUT2D eigenvalue weighted by atomic mass is 9.92. The summed E-state index contributed by atoms with van der Waals surface area (Å²) in [6.45, 7) is 2.03. The van der Waals surface area contributed by atoms with Gasteiger partial charge in [0.05, 0.1) is 5.92 Å². The monoisotopic (exact) mass is 157 g/mol. The number of hydrogen-bond donors (Lipinski definition) is 2. The van der Waals surface area contributed by atoms with Gasteiger partial charge in [-0.25, -0.2) is 0 Å². The summed E-state index contributed by atoms with van der Waals surface area (Å²) in [6.07, 6.45) is 2.79. The van der Waals surface area contributed by atoms with E-state index in [1.54, 1.807) is 0 Å². The normalized spacial score (nSPS) is 37.5. The Bertz CT molecular complexity index is 158. The van der Waals surface area contributed by atoms with Gasteiger partial charge in [-0.05, 0) is 18.8 Å². The molecule has 0 aromatic heterocycles. The molecule has 1 saturated carbocycles. The van der Waals surface area contributed by atoms with Gasteiger partial charge in [-0.1, -0.05) is 13.3 Å². The number of carbonyl (C=O) groups is 1. The number of rotatable bonds is 2. The van der Waals surface area contributed by atoms with E-state index < -0.39 is 5.97 Å². The van der Waals surface area contributed by atoms with E-state index in [0.717, 1.165) is 19.3 Å². The Morgan fingerprint density at radius 1 is 1.64 bits per heavy atom. The molecule has 3 atom stereocenters. The topological polar surface area (TPSA) is 63.3 Å². The van der Waals surface area contributed by atoms with Crippen molar-refractivity contribution in [2.45, 2.75) is 32.2 Å². The fourth-order valence-corrected chi connectivity index (χ4v) is 1.96. The molecule has 1 aliphatic rings. The number of hydrogen-bond acceptors (Lipinski definition) is 2. The van der Waals surface area contributed by atoms with Crippen molar-refractivity contribution in [3.63, 3.8) is 0 Å². The van der Waals surface area contributed by atoms with Crippen LogP contribution >= 0.6 is 0 Å². The van der Waals surface area contributed by atoms with Crippen molar-refractivity contribution in [1.29, 1.82) is 0 Å². The van der Waals surface area contributed by atoms with E-state index in [1.165, 1.54) is 0 Å². The van der Waals surface area contributed by atoms with Crippen LogP contribution in [-0.4, -0.2) is 17.1 Å². The molecule has 0 spiro atoms. The molecule has 1 rings (SSSR count). The molecule has 0 aromatic carbocycles. The summed E-state index contributed by atoms with van der Waals surface area (Å²) in [5.74, 6) is -0.704. The van der Waals surface area contributed by atoms with Crippen LogP contribution in [0.3, 0.4) is 0 Å². The van der Waals surface area contributed by atoms with E-state index in [0.29, 0.717) is 5.92 Å². The molecule has 0 aliphatic heterocycles. The van der Waals surface area contributed by atoms with Gasteiger partial charge < -0.3 is 10.8 Å². The minimum atomic E-state index is -0.721. The van der Waals surface area contributed by atoms with Crippen molar-refractivity contribution < 1.29 is 9.90 Å². The Kier molecular flexibility index (Phi) is 2.49. The van der Waals surface area contributed by atoms with Crippen molar-refractivity contribution in [3.8, 4) is 0 Å². The third-order valence-electron chi connectivity index (χ3n) is 2.65. The van der Waals surface area contributed by atoms with Gasteiger partial charge in [-0.15, -0.1) is 0 Å². The second kappa shape index (κ2) is 3.22. The van der Waals surface area contributed by atoms with Gasteiger partial charge in [0.1, 0.15) is 0 Å². The number of carboxylic acid groups (broad SMARTS) is 1. The van der Waals surface area contributed by atoms with Crippen LogP contribution in [0.15, 0.2) is 0 Å². The average Bonchev–Trinajstić information content (AvgIpc) is 2.30.